The first-order chi connectivity index (χ1) is 11.1. The molecule has 2 aromatic rings. The highest BCUT2D eigenvalue weighted by atomic mass is 15.3. The molecule has 0 amide bonds. The SMILES string of the molecule is CCCn1nc(C)c(CN2CCC[C@H]2c2cccc(C)n2)c1C. The van der Waals surface area contributed by atoms with Crippen LogP contribution in [0.1, 0.15) is 60.6 Å². The van der Waals surface area contributed by atoms with Gasteiger partial charge in [-0.25, -0.2) is 0 Å². The fraction of sp³-hybridized carbons (Fsp3) is 0.579. The van der Waals surface area contributed by atoms with Crippen LogP contribution >= 0.6 is 0 Å². The molecule has 0 spiro atoms. The molecule has 3 rings (SSSR count). The van der Waals surface area contributed by atoms with Crippen molar-refractivity contribution < 1.29 is 0 Å². The molecule has 3 heterocycles. The predicted octanol–water partition coefficient (Wildman–Crippen LogP) is 3.95. The molecule has 0 unspecified atom stereocenters. The first-order valence-electron chi connectivity index (χ1n) is 8.80. The summed E-state index contributed by atoms with van der Waals surface area (Å²) in [5.74, 6) is 0. The molecule has 1 aliphatic rings. The highest BCUT2D eigenvalue weighted by Crippen LogP contribution is 2.33. The summed E-state index contributed by atoms with van der Waals surface area (Å²) in [4.78, 5) is 7.34. The molecular formula is C19H28N4. The quantitative estimate of drug-likeness (QED) is 0.838. The smallest absolute Gasteiger partial charge is 0.0641 e. The van der Waals surface area contributed by atoms with Gasteiger partial charge >= 0.3 is 0 Å². The van der Waals surface area contributed by atoms with E-state index in [1.807, 2.05) is 0 Å². The molecule has 4 heteroatoms. The number of aromatic nitrogens is 3. The summed E-state index contributed by atoms with van der Waals surface area (Å²) in [7, 11) is 0. The third kappa shape index (κ3) is 3.32. The number of hydrogen-bond acceptors (Lipinski definition) is 3. The van der Waals surface area contributed by atoms with Crippen molar-refractivity contribution in [3.63, 3.8) is 0 Å². The lowest BCUT2D eigenvalue weighted by Gasteiger charge is -2.24. The third-order valence-corrected chi connectivity index (χ3v) is 4.94. The Morgan fingerprint density at radius 2 is 2.04 bits per heavy atom. The summed E-state index contributed by atoms with van der Waals surface area (Å²) in [6.45, 7) is 11.8. The van der Waals surface area contributed by atoms with Gasteiger partial charge in [0.1, 0.15) is 0 Å². The van der Waals surface area contributed by atoms with Gasteiger partial charge in [-0.15, -0.1) is 0 Å². The normalized spacial score (nSPS) is 18.7. The first kappa shape index (κ1) is 16.2. The summed E-state index contributed by atoms with van der Waals surface area (Å²) >= 11 is 0. The molecule has 0 aliphatic carbocycles. The van der Waals surface area contributed by atoms with E-state index in [0.29, 0.717) is 6.04 Å². The lowest BCUT2D eigenvalue weighted by molar-refractivity contribution is 0.243. The lowest BCUT2D eigenvalue weighted by atomic mass is 10.1. The maximum atomic E-state index is 4.76. The Morgan fingerprint density at radius 3 is 2.78 bits per heavy atom. The van der Waals surface area contributed by atoms with E-state index in [4.69, 9.17) is 10.1 Å². The molecule has 124 valence electrons. The fourth-order valence-electron chi connectivity index (χ4n) is 3.70. The molecule has 2 aromatic heterocycles. The summed E-state index contributed by atoms with van der Waals surface area (Å²) in [5.41, 5.74) is 6.24. The Labute approximate surface area is 139 Å². The first-order valence-corrected chi connectivity index (χ1v) is 8.80. The van der Waals surface area contributed by atoms with Gasteiger partial charge < -0.3 is 0 Å². The van der Waals surface area contributed by atoms with E-state index in [-0.39, 0.29) is 0 Å². The maximum Gasteiger partial charge on any atom is 0.0641 e. The van der Waals surface area contributed by atoms with Crippen LogP contribution in [0.25, 0.3) is 0 Å². The number of rotatable bonds is 5. The average molecular weight is 312 g/mol. The topological polar surface area (TPSA) is 34.0 Å². The Bertz CT molecular complexity index is 674. The van der Waals surface area contributed by atoms with Crippen molar-refractivity contribution in [2.45, 2.75) is 66.1 Å². The fourth-order valence-corrected chi connectivity index (χ4v) is 3.70. The van der Waals surface area contributed by atoms with Crippen molar-refractivity contribution in [3.05, 3.63) is 46.5 Å². The van der Waals surface area contributed by atoms with E-state index in [2.05, 4.69) is 55.5 Å². The van der Waals surface area contributed by atoms with Crippen LogP contribution in [-0.4, -0.2) is 26.2 Å². The van der Waals surface area contributed by atoms with Crippen molar-refractivity contribution in [1.82, 2.24) is 19.7 Å². The molecule has 0 bridgehead atoms. The van der Waals surface area contributed by atoms with Crippen LogP contribution in [0.2, 0.25) is 0 Å². The summed E-state index contributed by atoms with van der Waals surface area (Å²) < 4.78 is 2.17. The Kier molecular flexibility index (Phi) is 4.81. The molecule has 1 atom stereocenters. The van der Waals surface area contributed by atoms with E-state index in [9.17, 15) is 0 Å². The van der Waals surface area contributed by atoms with Crippen LogP contribution in [-0.2, 0) is 13.1 Å². The van der Waals surface area contributed by atoms with Gasteiger partial charge in [-0.3, -0.25) is 14.6 Å². The van der Waals surface area contributed by atoms with Gasteiger partial charge in [-0.05, 0) is 58.7 Å². The Hall–Kier alpha value is -1.68. The predicted molar refractivity (Wildman–Crippen MR) is 93.4 cm³/mol. The summed E-state index contributed by atoms with van der Waals surface area (Å²) in [6, 6.07) is 6.83. The third-order valence-electron chi connectivity index (χ3n) is 4.94. The van der Waals surface area contributed by atoms with E-state index in [0.717, 1.165) is 31.7 Å². The number of nitrogens with zero attached hydrogens (tertiary/aromatic N) is 4. The van der Waals surface area contributed by atoms with Crippen molar-refractivity contribution in [3.8, 4) is 0 Å². The van der Waals surface area contributed by atoms with Crippen LogP contribution in [0, 0.1) is 20.8 Å². The zero-order valence-electron chi connectivity index (χ0n) is 14.8. The highest BCUT2D eigenvalue weighted by Gasteiger charge is 2.28. The molecule has 0 radical (unpaired) electrons. The van der Waals surface area contributed by atoms with Crippen LogP contribution in [0.4, 0.5) is 0 Å². The van der Waals surface area contributed by atoms with Gasteiger partial charge in [0.15, 0.2) is 0 Å². The van der Waals surface area contributed by atoms with E-state index >= 15 is 0 Å². The molecule has 1 aliphatic heterocycles. The number of likely N-dealkylation sites (tertiary alicyclic amines) is 1. The van der Waals surface area contributed by atoms with Crippen LogP contribution in [0.5, 0.6) is 0 Å². The maximum absolute atomic E-state index is 4.76. The van der Waals surface area contributed by atoms with Crippen molar-refractivity contribution in [1.29, 1.82) is 0 Å². The average Bonchev–Trinajstić information content (AvgIpc) is 3.08. The largest absolute Gasteiger partial charge is 0.290 e. The van der Waals surface area contributed by atoms with Crippen molar-refractivity contribution >= 4 is 0 Å². The molecule has 1 fully saturated rings. The van der Waals surface area contributed by atoms with E-state index < -0.39 is 0 Å². The number of pyridine rings is 1. The van der Waals surface area contributed by atoms with Gasteiger partial charge in [-0.2, -0.15) is 5.10 Å². The van der Waals surface area contributed by atoms with E-state index in [1.54, 1.807) is 0 Å². The highest BCUT2D eigenvalue weighted by molar-refractivity contribution is 5.25. The molecule has 23 heavy (non-hydrogen) atoms. The van der Waals surface area contributed by atoms with Gasteiger partial charge in [0.25, 0.3) is 0 Å². The monoisotopic (exact) mass is 312 g/mol. The van der Waals surface area contributed by atoms with Gasteiger partial charge in [-0.1, -0.05) is 13.0 Å². The van der Waals surface area contributed by atoms with Gasteiger partial charge in [0.2, 0.25) is 0 Å². The molecule has 0 saturated carbocycles. The lowest BCUT2D eigenvalue weighted by Crippen LogP contribution is -2.24. The standard InChI is InChI=1S/C19H28N4/c1-5-11-23-16(4)17(15(3)21-23)13-22-12-7-10-19(22)18-9-6-8-14(2)20-18/h6,8-9,19H,5,7,10-13H2,1-4H3/t19-/m0/s1. The van der Waals surface area contributed by atoms with Crippen molar-refractivity contribution in [2.75, 3.05) is 6.54 Å². The summed E-state index contributed by atoms with van der Waals surface area (Å²) in [5, 5.41) is 4.73. The molecule has 0 N–H and O–H groups in total. The Morgan fingerprint density at radius 1 is 1.22 bits per heavy atom. The Balaban J connectivity index is 1.82. The second-order valence-electron chi connectivity index (χ2n) is 6.70. The van der Waals surface area contributed by atoms with Crippen LogP contribution in [0.3, 0.4) is 0 Å². The van der Waals surface area contributed by atoms with E-state index in [1.165, 1.54) is 35.5 Å². The van der Waals surface area contributed by atoms with Gasteiger partial charge in [0.05, 0.1) is 17.4 Å². The van der Waals surface area contributed by atoms with Crippen LogP contribution < -0.4 is 0 Å². The zero-order chi connectivity index (χ0) is 16.4. The molecule has 1 saturated heterocycles. The van der Waals surface area contributed by atoms with Crippen molar-refractivity contribution in [2.24, 2.45) is 0 Å². The minimum absolute atomic E-state index is 0.447. The zero-order valence-corrected chi connectivity index (χ0v) is 14.8. The molecular weight excluding hydrogens is 284 g/mol. The second kappa shape index (κ2) is 6.83. The van der Waals surface area contributed by atoms with Gasteiger partial charge in [0, 0.05) is 30.0 Å². The minimum atomic E-state index is 0.447. The second-order valence-corrected chi connectivity index (χ2v) is 6.70. The molecule has 0 aromatic carbocycles. The number of aryl methyl sites for hydroxylation is 3. The minimum Gasteiger partial charge on any atom is -0.290 e. The number of hydrogen-bond donors (Lipinski definition) is 0. The summed E-state index contributed by atoms with van der Waals surface area (Å²) in [6.07, 6.45) is 3.58. The van der Waals surface area contributed by atoms with Crippen LogP contribution in [0.15, 0.2) is 18.2 Å². The molecule has 4 nitrogen and oxygen atoms in total.